The van der Waals surface area contributed by atoms with Crippen LogP contribution in [0.2, 0.25) is 0 Å². The molecule has 0 saturated heterocycles. The lowest BCUT2D eigenvalue weighted by Crippen LogP contribution is -2.13. The SMILES string of the molecule is Cc1c(Cn2cncc2C(C)N)cccc1[N+](=O)[O-]. The fourth-order valence-corrected chi connectivity index (χ4v) is 2.06. The number of nitro groups is 1. The molecule has 2 rings (SSSR count). The second kappa shape index (κ2) is 5.19. The van der Waals surface area contributed by atoms with Crippen LogP contribution in [0.25, 0.3) is 0 Å². The maximum Gasteiger partial charge on any atom is 0.272 e. The summed E-state index contributed by atoms with van der Waals surface area (Å²) in [6, 6.07) is 4.97. The van der Waals surface area contributed by atoms with Gasteiger partial charge in [-0.3, -0.25) is 10.1 Å². The Labute approximate surface area is 111 Å². The molecule has 1 heterocycles. The van der Waals surface area contributed by atoms with Crippen molar-refractivity contribution in [1.82, 2.24) is 9.55 Å². The Balaban J connectivity index is 2.36. The van der Waals surface area contributed by atoms with E-state index in [4.69, 9.17) is 5.73 Å². The average Bonchev–Trinajstić information content (AvgIpc) is 2.79. The lowest BCUT2D eigenvalue weighted by atomic mass is 10.1. The van der Waals surface area contributed by atoms with E-state index >= 15 is 0 Å². The minimum atomic E-state index is -0.362. The van der Waals surface area contributed by atoms with Crippen molar-refractivity contribution < 1.29 is 4.92 Å². The van der Waals surface area contributed by atoms with E-state index in [-0.39, 0.29) is 16.7 Å². The first-order chi connectivity index (χ1) is 9.00. The zero-order chi connectivity index (χ0) is 14.0. The summed E-state index contributed by atoms with van der Waals surface area (Å²) in [6.07, 6.45) is 3.41. The maximum atomic E-state index is 10.9. The third-order valence-electron chi connectivity index (χ3n) is 3.17. The number of nitrogens with zero attached hydrogens (tertiary/aromatic N) is 3. The number of hydrogen-bond acceptors (Lipinski definition) is 4. The highest BCUT2D eigenvalue weighted by Crippen LogP contribution is 2.22. The van der Waals surface area contributed by atoms with Crippen LogP contribution in [0, 0.1) is 17.0 Å². The van der Waals surface area contributed by atoms with Crippen molar-refractivity contribution in [3.63, 3.8) is 0 Å². The molecule has 1 aromatic carbocycles. The van der Waals surface area contributed by atoms with E-state index in [1.807, 2.05) is 17.6 Å². The fraction of sp³-hybridized carbons (Fsp3) is 0.308. The molecule has 1 unspecified atom stereocenters. The van der Waals surface area contributed by atoms with Crippen LogP contribution in [-0.2, 0) is 6.54 Å². The monoisotopic (exact) mass is 260 g/mol. The van der Waals surface area contributed by atoms with Gasteiger partial charge in [0.1, 0.15) is 0 Å². The van der Waals surface area contributed by atoms with E-state index in [1.54, 1.807) is 25.5 Å². The molecule has 2 N–H and O–H groups in total. The molecular weight excluding hydrogens is 244 g/mol. The van der Waals surface area contributed by atoms with Gasteiger partial charge in [-0.25, -0.2) is 4.98 Å². The molecule has 1 atom stereocenters. The predicted molar refractivity (Wildman–Crippen MR) is 71.8 cm³/mol. The van der Waals surface area contributed by atoms with Crippen LogP contribution in [-0.4, -0.2) is 14.5 Å². The highest BCUT2D eigenvalue weighted by atomic mass is 16.6. The molecule has 6 heteroatoms. The molecule has 0 spiro atoms. The van der Waals surface area contributed by atoms with Gasteiger partial charge in [0.2, 0.25) is 0 Å². The van der Waals surface area contributed by atoms with Gasteiger partial charge >= 0.3 is 0 Å². The van der Waals surface area contributed by atoms with Crippen molar-refractivity contribution in [2.75, 3.05) is 0 Å². The topological polar surface area (TPSA) is 87.0 Å². The Morgan fingerprint density at radius 2 is 2.26 bits per heavy atom. The van der Waals surface area contributed by atoms with Crippen LogP contribution in [0.15, 0.2) is 30.7 Å². The van der Waals surface area contributed by atoms with E-state index in [2.05, 4.69) is 4.98 Å². The van der Waals surface area contributed by atoms with Gasteiger partial charge in [-0.2, -0.15) is 0 Å². The van der Waals surface area contributed by atoms with Crippen LogP contribution in [0.1, 0.15) is 29.8 Å². The number of aromatic nitrogens is 2. The summed E-state index contributed by atoms with van der Waals surface area (Å²) in [6.45, 7) is 4.17. The Kier molecular flexibility index (Phi) is 3.62. The molecule has 0 fully saturated rings. The summed E-state index contributed by atoms with van der Waals surface area (Å²) in [5.41, 5.74) is 8.48. The zero-order valence-electron chi connectivity index (χ0n) is 10.9. The van der Waals surface area contributed by atoms with E-state index in [9.17, 15) is 10.1 Å². The minimum absolute atomic E-state index is 0.124. The molecule has 0 aliphatic rings. The molecule has 100 valence electrons. The van der Waals surface area contributed by atoms with Gasteiger partial charge in [0.15, 0.2) is 0 Å². The maximum absolute atomic E-state index is 10.9. The first-order valence-electron chi connectivity index (χ1n) is 5.99. The summed E-state index contributed by atoms with van der Waals surface area (Å²) in [7, 11) is 0. The number of rotatable bonds is 4. The highest BCUT2D eigenvalue weighted by molar-refractivity contribution is 5.44. The number of benzene rings is 1. The van der Waals surface area contributed by atoms with E-state index < -0.39 is 0 Å². The van der Waals surface area contributed by atoms with Crippen LogP contribution in [0.5, 0.6) is 0 Å². The average molecular weight is 260 g/mol. The van der Waals surface area contributed by atoms with Crippen molar-refractivity contribution in [2.45, 2.75) is 26.4 Å². The van der Waals surface area contributed by atoms with Crippen LogP contribution in [0.4, 0.5) is 5.69 Å². The smallest absolute Gasteiger partial charge is 0.272 e. The molecule has 1 aromatic heterocycles. The molecule has 19 heavy (non-hydrogen) atoms. The van der Waals surface area contributed by atoms with Crippen LogP contribution in [0.3, 0.4) is 0 Å². The summed E-state index contributed by atoms with van der Waals surface area (Å²) in [5, 5.41) is 10.9. The van der Waals surface area contributed by atoms with Gasteiger partial charge in [0.25, 0.3) is 5.69 Å². The molecular formula is C13H16N4O2. The van der Waals surface area contributed by atoms with Crippen molar-refractivity contribution in [1.29, 1.82) is 0 Å². The Hall–Kier alpha value is -2.21. The summed E-state index contributed by atoms with van der Waals surface area (Å²) in [4.78, 5) is 14.6. The molecule has 2 aromatic rings. The summed E-state index contributed by atoms with van der Waals surface area (Å²) >= 11 is 0. The Bertz CT molecular complexity index is 604. The van der Waals surface area contributed by atoms with Crippen LogP contribution >= 0.6 is 0 Å². The molecule has 0 amide bonds. The van der Waals surface area contributed by atoms with Crippen molar-refractivity contribution >= 4 is 5.69 Å². The first kappa shape index (κ1) is 13.2. The molecule has 6 nitrogen and oxygen atoms in total. The molecule has 0 saturated carbocycles. The molecule has 0 aliphatic carbocycles. The molecule has 0 aliphatic heterocycles. The largest absolute Gasteiger partial charge is 0.329 e. The lowest BCUT2D eigenvalue weighted by molar-refractivity contribution is -0.385. The fourth-order valence-electron chi connectivity index (χ4n) is 2.06. The lowest BCUT2D eigenvalue weighted by Gasteiger charge is -2.12. The second-order valence-electron chi connectivity index (χ2n) is 4.55. The summed E-state index contributed by atoms with van der Waals surface area (Å²) in [5.74, 6) is 0. The van der Waals surface area contributed by atoms with E-state index in [0.717, 1.165) is 11.3 Å². The van der Waals surface area contributed by atoms with Gasteiger partial charge < -0.3 is 10.3 Å². The van der Waals surface area contributed by atoms with E-state index in [0.29, 0.717) is 12.1 Å². The highest BCUT2D eigenvalue weighted by Gasteiger charge is 2.14. The number of imidazole rings is 1. The Morgan fingerprint density at radius 3 is 2.89 bits per heavy atom. The van der Waals surface area contributed by atoms with Gasteiger partial charge in [-0.1, -0.05) is 12.1 Å². The number of nitrogens with two attached hydrogens (primary N) is 1. The third kappa shape index (κ3) is 2.63. The molecule has 0 radical (unpaired) electrons. The van der Waals surface area contributed by atoms with Crippen LogP contribution < -0.4 is 5.73 Å². The number of nitro benzene ring substituents is 1. The quantitative estimate of drug-likeness (QED) is 0.674. The first-order valence-corrected chi connectivity index (χ1v) is 5.99. The number of hydrogen-bond donors (Lipinski definition) is 1. The van der Waals surface area contributed by atoms with Crippen molar-refractivity contribution in [3.05, 3.63) is 57.7 Å². The van der Waals surface area contributed by atoms with Gasteiger partial charge in [0, 0.05) is 30.4 Å². The van der Waals surface area contributed by atoms with Gasteiger partial charge in [0.05, 0.1) is 16.9 Å². The zero-order valence-corrected chi connectivity index (χ0v) is 10.9. The second-order valence-corrected chi connectivity index (χ2v) is 4.55. The van der Waals surface area contributed by atoms with Gasteiger partial charge in [-0.05, 0) is 19.4 Å². The summed E-state index contributed by atoms with van der Waals surface area (Å²) < 4.78 is 1.91. The van der Waals surface area contributed by atoms with Crippen molar-refractivity contribution in [3.8, 4) is 0 Å². The standard InChI is InChI=1S/C13H16N4O2/c1-9-11(4-3-5-12(9)17(18)19)7-16-8-15-6-13(16)10(2)14/h3-6,8,10H,7,14H2,1-2H3. The predicted octanol–water partition coefficient (Wildman–Crippen LogP) is 2.17. The molecule has 0 bridgehead atoms. The van der Waals surface area contributed by atoms with Crippen molar-refractivity contribution in [2.24, 2.45) is 5.73 Å². The third-order valence-corrected chi connectivity index (χ3v) is 3.17. The van der Waals surface area contributed by atoms with Gasteiger partial charge in [-0.15, -0.1) is 0 Å². The van der Waals surface area contributed by atoms with E-state index in [1.165, 1.54) is 6.07 Å². The normalized spacial score (nSPS) is 12.4. The minimum Gasteiger partial charge on any atom is -0.329 e. The Morgan fingerprint density at radius 1 is 1.53 bits per heavy atom.